The maximum Gasteiger partial charge on any atom is 0.250 e. The predicted octanol–water partition coefficient (Wildman–Crippen LogP) is 3.15. The van der Waals surface area contributed by atoms with E-state index in [2.05, 4.69) is 11.9 Å². The number of fused-ring (bicyclic) bond motifs is 1. The summed E-state index contributed by atoms with van der Waals surface area (Å²) in [4.78, 5) is 23.2. The van der Waals surface area contributed by atoms with Gasteiger partial charge in [0.1, 0.15) is 5.58 Å². The van der Waals surface area contributed by atoms with Crippen LogP contribution in [0.5, 0.6) is 0 Å². The summed E-state index contributed by atoms with van der Waals surface area (Å²) in [5.41, 5.74) is 1.35. The predicted molar refractivity (Wildman–Crippen MR) is 69.7 cm³/mol. The number of nitrogens with one attached hydrogen (secondary N) is 1. The molecule has 1 N–H and O–H groups in total. The summed E-state index contributed by atoms with van der Waals surface area (Å²) in [6.07, 6.45) is 0. The molecule has 0 aliphatic carbocycles. The van der Waals surface area contributed by atoms with E-state index in [1.165, 1.54) is 6.92 Å². The van der Waals surface area contributed by atoms with Crippen LogP contribution in [-0.4, -0.2) is 11.7 Å². The molecule has 0 aliphatic rings. The first kappa shape index (κ1) is 12.1. The molecule has 92 valence electrons. The van der Waals surface area contributed by atoms with Gasteiger partial charge in [0.15, 0.2) is 11.5 Å². The molecule has 0 radical (unpaired) electrons. The highest BCUT2D eigenvalue weighted by atomic mass is 16.3. The fourth-order valence-electron chi connectivity index (χ4n) is 1.64. The van der Waals surface area contributed by atoms with E-state index in [4.69, 9.17) is 4.42 Å². The Balaban J connectivity index is 2.58. The highest BCUT2D eigenvalue weighted by Gasteiger charge is 2.19. The number of anilines is 1. The molecule has 0 fully saturated rings. The lowest BCUT2D eigenvalue weighted by Crippen LogP contribution is -2.13. The Kier molecular flexibility index (Phi) is 3.02. The third-order valence-electron chi connectivity index (χ3n) is 2.54. The Hall–Kier alpha value is -2.36. The third kappa shape index (κ3) is 2.05. The zero-order valence-corrected chi connectivity index (χ0v) is 10.2. The van der Waals surface area contributed by atoms with Gasteiger partial charge in [-0.05, 0) is 19.1 Å². The van der Waals surface area contributed by atoms with Gasteiger partial charge in [-0.1, -0.05) is 18.7 Å². The fraction of sp³-hybridized carbons (Fsp3) is 0.143. The molecule has 0 saturated heterocycles. The summed E-state index contributed by atoms with van der Waals surface area (Å²) in [7, 11) is 0. The molecule has 0 saturated carbocycles. The Morgan fingerprint density at radius 3 is 2.50 bits per heavy atom. The molecule has 2 rings (SSSR count). The summed E-state index contributed by atoms with van der Waals surface area (Å²) < 4.78 is 5.45. The average molecular weight is 243 g/mol. The molecule has 18 heavy (non-hydrogen) atoms. The van der Waals surface area contributed by atoms with Crippen LogP contribution >= 0.6 is 0 Å². The van der Waals surface area contributed by atoms with Crippen molar-refractivity contribution in [3.8, 4) is 0 Å². The first-order chi connectivity index (χ1) is 8.50. The van der Waals surface area contributed by atoms with E-state index in [1.807, 2.05) is 6.07 Å². The van der Waals surface area contributed by atoms with Crippen LogP contribution in [0.15, 0.2) is 40.8 Å². The fourth-order valence-corrected chi connectivity index (χ4v) is 1.64. The van der Waals surface area contributed by atoms with Crippen LogP contribution in [0.3, 0.4) is 0 Å². The van der Waals surface area contributed by atoms with Crippen LogP contribution < -0.4 is 5.32 Å². The molecule has 0 aliphatic heterocycles. The molecular weight excluding hydrogens is 230 g/mol. The van der Waals surface area contributed by atoms with Gasteiger partial charge >= 0.3 is 0 Å². The second-order valence-corrected chi connectivity index (χ2v) is 4.09. The lowest BCUT2D eigenvalue weighted by atomic mass is 10.2. The van der Waals surface area contributed by atoms with Crippen molar-refractivity contribution in [3.05, 3.63) is 42.2 Å². The monoisotopic (exact) mass is 243 g/mol. The van der Waals surface area contributed by atoms with E-state index >= 15 is 0 Å². The minimum absolute atomic E-state index is 0.158. The van der Waals surface area contributed by atoms with Gasteiger partial charge in [0.2, 0.25) is 0 Å². The first-order valence-electron chi connectivity index (χ1n) is 5.50. The zero-order chi connectivity index (χ0) is 13.3. The van der Waals surface area contributed by atoms with Crippen LogP contribution in [0.4, 0.5) is 5.69 Å². The maximum atomic E-state index is 11.7. The smallest absolute Gasteiger partial charge is 0.250 e. The van der Waals surface area contributed by atoms with Crippen molar-refractivity contribution in [3.63, 3.8) is 0 Å². The summed E-state index contributed by atoms with van der Waals surface area (Å²) in [5.74, 6) is -0.405. The first-order valence-corrected chi connectivity index (χ1v) is 5.50. The summed E-state index contributed by atoms with van der Waals surface area (Å²) >= 11 is 0. The lowest BCUT2D eigenvalue weighted by Gasteiger charge is -2.03. The van der Waals surface area contributed by atoms with Crippen molar-refractivity contribution in [2.24, 2.45) is 0 Å². The molecule has 4 heteroatoms. The number of carbonyl (C=O) groups is 2. The Morgan fingerprint density at radius 1 is 1.22 bits per heavy atom. The topological polar surface area (TPSA) is 59.3 Å². The summed E-state index contributed by atoms with van der Waals surface area (Å²) in [6.45, 7) is 6.56. The summed E-state index contributed by atoms with van der Waals surface area (Å²) in [6, 6.07) is 7.16. The number of carbonyl (C=O) groups excluding carboxylic acids is 2. The molecule has 0 atom stereocenters. The Bertz CT molecular complexity index is 652. The van der Waals surface area contributed by atoms with Gasteiger partial charge in [0.05, 0.1) is 5.69 Å². The second-order valence-electron chi connectivity index (χ2n) is 4.09. The van der Waals surface area contributed by atoms with Crippen LogP contribution in [-0.2, 0) is 4.79 Å². The lowest BCUT2D eigenvalue weighted by molar-refractivity contribution is -0.112. The van der Waals surface area contributed by atoms with E-state index in [-0.39, 0.29) is 17.5 Å². The Labute approximate surface area is 104 Å². The van der Waals surface area contributed by atoms with Crippen molar-refractivity contribution in [2.45, 2.75) is 13.8 Å². The number of furan rings is 1. The zero-order valence-electron chi connectivity index (χ0n) is 10.2. The number of benzene rings is 1. The van der Waals surface area contributed by atoms with Gasteiger partial charge in [-0.3, -0.25) is 9.59 Å². The van der Waals surface area contributed by atoms with Gasteiger partial charge in [-0.15, -0.1) is 0 Å². The molecule has 0 spiro atoms. The number of Topliss-reactive ketones (excluding diaryl/α,β-unsaturated/α-hetero) is 1. The van der Waals surface area contributed by atoms with Gasteiger partial charge < -0.3 is 9.73 Å². The molecule has 1 amide bonds. The van der Waals surface area contributed by atoms with Crippen LogP contribution in [0.25, 0.3) is 11.0 Å². The number of hydrogen-bond donors (Lipinski definition) is 1. The van der Waals surface area contributed by atoms with Crippen molar-refractivity contribution >= 4 is 28.3 Å². The normalized spacial score (nSPS) is 10.3. The van der Waals surface area contributed by atoms with Crippen LogP contribution in [0.1, 0.15) is 24.4 Å². The molecule has 0 bridgehead atoms. The standard InChI is InChI=1S/C14H13NO3/c1-8(2)14(17)15-12-10-6-4-5-7-11(10)18-13(12)9(3)16/h4-7H,1H2,2-3H3,(H,15,17). The molecule has 0 unspecified atom stereocenters. The van der Waals surface area contributed by atoms with Gasteiger partial charge in [0.25, 0.3) is 5.91 Å². The Morgan fingerprint density at radius 2 is 1.89 bits per heavy atom. The van der Waals surface area contributed by atoms with Crippen molar-refractivity contribution in [2.75, 3.05) is 5.32 Å². The number of ketones is 1. The minimum atomic E-state index is -0.330. The van der Waals surface area contributed by atoms with Crippen LogP contribution in [0.2, 0.25) is 0 Å². The average Bonchev–Trinajstić information content (AvgIpc) is 2.68. The van der Waals surface area contributed by atoms with E-state index in [0.29, 0.717) is 22.2 Å². The van der Waals surface area contributed by atoms with Crippen molar-refractivity contribution < 1.29 is 14.0 Å². The highest BCUT2D eigenvalue weighted by Crippen LogP contribution is 2.31. The van der Waals surface area contributed by atoms with Gasteiger partial charge in [-0.2, -0.15) is 0 Å². The van der Waals surface area contributed by atoms with E-state index in [9.17, 15) is 9.59 Å². The van der Waals surface area contributed by atoms with Gasteiger partial charge in [0, 0.05) is 17.9 Å². The van der Waals surface area contributed by atoms with E-state index in [1.54, 1.807) is 25.1 Å². The number of hydrogen-bond acceptors (Lipinski definition) is 3. The molecule has 2 aromatic rings. The quantitative estimate of drug-likeness (QED) is 0.665. The van der Waals surface area contributed by atoms with E-state index in [0.717, 1.165) is 0 Å². The van der Waals surface area contributed by atoms with Crippen LogP contribution in [0, 0.1) is 0 Å². The second kappa shape index (κ2) is 4.49. The van der Waals surface area contributed by atoms with Crippen molar-refractivity contribution in [1.82, 2.24) is 0 Å². The summed E-state index contributed by atoms with van der Waals surface area (Å²) in [5, 5.41) is 3.37. The third-order valence-corrected chi connectivity index (χ3v) is 2.54. The number of amides is 1. The number of rotatable bonds is 3. The highest BCUT2D eigenvalue weighted by molar-refractivity contribution is 6.13. The van der Waals surface area contributed by atoms with E-state index < -0.39 is 0 Å². The maximum absolute atomic E-state index is 11.7. The molecule has 1 aromatic carbocycles. The molecule has 1 aromatic heterocycles. The van der Waals surface area contributed by atoms with Gasteiger partial charge in [-0.25, -0.2) is 0 Å². The molecule has 1 heterocycles. The largest absolute Gasteiger partial charge is 0.451 e. The molecular formula is C14H13NO3. The SMILES string of the molecule is C=C(C)C(=O)Nc1c(C(C)=O)oc2ccccc12. The number of para-hydroxylation sites is 1. The molecule has 4 nitrogen and oxygen atoms in total. The van der Waals surface area contributed by atoms with Crippen molar-refractivity contribution in [1.29, 1.82) is 0 Å². The minimum Gasteiger partial charge on any atom is -0.451 e.